The highest BCUT2D eigenvalue weighted by Gasteiger charge is 2.43. The van der Waals surface area contributed by atoms with E-state index in [1.54, 1.807) is 72.8 Å². The minimum atomic E-state index is -5.04. The monoisotopic (exact) mass is 555 g/mol. The van der Waals surface area contributed by atoms with Crippen molar-refractivity contribution in [1.29, 1.82) is 0 Å². The number of halogens is 3. The quantitative estimate of drug-likeness (QED) is 0.323. The second kappa shape index (κ2) is 10.8. The van der Waals surface area contributed by atoms with Crippen LogP contribution in [0.15, 0.2) is 87.5 Å². The van der Waals surface area contributed by atoms with Gasteiger partial charge >= 0.3 is 6.18 Å². The predicted octanol–water partition coefficient (Wildman–Crippen LogP) is 5.99. The molecule has 0 aliphatic rings. The van der Waals surface area contributed by atoms with E-state index in [-0.39, 0.29) is 0 Å². The van der Waals surface area contributed by atoms with Crippen molar-refractivity contribution < 1.29 is 25.2 Å². The number of rotatable bonds is 9. The third-order valence-electron chi connectivity index (χ3n) is 5.60. The van der Waals surface area contributed by atoms with E-state index < -0.39 is 32.4 Å². The molecule has 0 atom stereocenters. The fourth-order valence-electron chi connectivity index (χ4n) is 3.71. The molecule has 0 heterocycles. The maximum absolute atomic E-state index is 13.3. The lowest BCUT2D eigenvalue weighted by Gasteiger charge is -2.40. The van der Waals surface area contributed by atoms with Crippen LogP contribution in [0.1, 0.15) is 0 Å². The molecule has 0 unspecified atom stereocenters. The molecule has 0 radical (unpaired) electrons. The first kappa shape index (κ1) is 28.7. The summed E-state index contributed by atoms with van der Waals surface area (Å²) in [6.45, 7) is 0. The van der Waals surface area contributed by atoms with Crippen LogP contribution in [0, 0.1) is 0 Å². The largest absolute Gasteiger partial charge is 0.405 e. The molecule has 0 bridgehead atoms. The predicted molar refractivity (Wildman–Crippen MR) is 146 cm³/mol. The molecule has 0 saturated carbocycles. The van der Waals surface area contributed by atoms with Crippen LogP contribution in [-0.4, -0.2) is 62.6 Å². The molecule has 0 saturated heterocycles. The van der Waals surface area contributed by atoms with E-state index in [9.17, 15) is 21.6 Å². The van der Waals surface area contributed by atoms with Gasteiger partial charge in [0.05, 0.1) is 0 Å². The van der Waals surface area contributed by atoms with Crippen LogP contribution in [0.5, 0.6) is 0 Å². The SMILES string of the molecule is CN(C)c1ccc(S(OS(=O)(=O)CC(F)(F)F)(c2ccc(N(C)C)cc2)c2ccc(N(C)C)cc2)cc1. The fraction of sp³-hybridized carbons (Fsp3) is 0.308. The van der Waals surface area contributed by atoms with Gasteiger partial charge in [0.1, 0.15) is 0 Å². The van der Waals surface area contributed by atoms with Gasteiger partial charge in [0, 0.05) is 74.0 Å². The lowest BCUT2D eigenvalue weighted by Crippen LogP contribution is -2.26. The van der Waals surface area contributed by atoms with E-state index in [2.05, 4.69) is 0 Å². The van der Waals surface area contributed by atoms with Crippen molar-refractivity contribution in [3.05, 3.63) is 72.8 Å². The highest BCUT2D eigenvalue weighted by atomic mass is 32.3. The minimum Gasteiger partial charge on any atom is -0.378 e. The zero-order valence-corrected chi connectivity index (χ0v) is 23.3. The van der Waals surface area contributed by atoms with Crippen molar-refractivity contribution in [2.45, 2.75) is 20.9 Å². The Balaban J connectivity index is 2.35. The van der Waals surface area contributed by atoms with Gasteiger partial charge in [0.2, 0.25) is 0 Å². The van der Waals surface area contributed by atoms with Gasteiger partial charge in [-0.3, -0.25) is 0 Å². The fourth-order valence-corrected chi connectivity index (χ4v) is 8.87. The molecule has 0 fully saturated rings. The molecule has 37 heavy (non-hydrogen) atoms. The molecule has 0 spiro atoms. The Kier molecular flexibility index (Phi) is 8.40. The standard InChI is InChI=1S/C26H32F3N3O3S2/c1-30(2)20-7-13-23(14-8-20)37(35-36(33,34)19-26(27,28)29,24-15-9-21(10-16-24)31(3)4)25-17-11-22(12-18-25)32(5)6/h7-18H,19H2,1-6H3. The molecular weight excluding hydrogens is 523 g/mol. The topological polar surface area (TPSA) is 53.1 Å². The zero-order chi connectivity index (χ0) is 27.6. The van der Waals surface area contributed by atoms with Crippen molar-refractivity contribution in [3.8, 4) is 0 Å². The summed E-state index contributed by atoms with van der Waals surface area (Å²) in [5.41, 5.74) is 2.54. The van der Waals surface area contributed by atoms with E-state index >= 15 is 0 Å². The van der Waals surface area contributed by atoms with Gasteiger partial charge in [0.15, 0.2) is 5.75 Å². The molecule has 3 aromatic rings. The number of hydrogen-bond donors (Lipinski definition) is 0. The smallest absolute Gasteiger partial charge is 0.378 e. The summed E-state index contributed by atoms with van der Waals surface area (Å²) >= 11 is 0. The minimum absolute atomic E-state index is 0.457. The average molecular weight is 556 g/mol. The molecule has 3 rings (SSSR count). The number of hydrogen-bond acceptors (Lipinski definition) is 6. The van der Waals surface area contributed by atoms with E-state index in [1.165, 1.54) is 0 Å². The molecule has 6 nitrogen and oxygen atoms in total. The van der Waals surface area contributed by atoms with Crippen LogP contribution < -0.4 is 14.7 Å². The summed E-state index contributed by atoms with van der Waals surface area (Å²) in [6.07, 6.45) is -4.96. The summed E-state index contributed by atoms with van der Waals surface area (Å²) in [5.74, 6) is -2.09. The first-order chi connectivity index (χ1) is 17.1. The van der Waals surface area contributed by atoms with Crippen LogP contribution >= 0.6 is 10.3 Å². The van der Waals surface area contributed by atoms with E-state index in [1.807, 2.05) is 57.0 Å². The van der Waals surface area contributed by atoms with Crippen LogP contribution in [0.4, 0.5) is 30.2 Å². The molecule has 11 heteroatoms. The van der Waals surface area contributed by atoms with Gasteiger partial charge in [-0.05, 0) is 83.1 Å². The number of anilines is 3. The maximum Gasteiger partial charge on any atom is 0.405 e. The van der Waals surface area contributed by atoms with Crippen molar-refractivity contribution in [1.82, 2.24) is 0 Å². The summed E-state index contributed by atoms with van der Waals surface area (Å²) in [4.78, 5) is 7.00. The Morgan fingerprint density at radius 3 is 1.08 bits per heavy atom. The molecule has 0 aliphatic heterocycles. The first-order valence-electron chi connectivity index (χ1n) is 11.3. The van der Waals surface area contributed by atoms with Crippen LogP contribution in [-0.2, 0) is 13.7 Å². The van der Waals surface area contributed by atoms with Crippen molar-refractivity contribution in [2.75, 3.05) is 62.7 Å². The summed E-state index contributed by atoms with van der Waals surface area (Å²) in [6, 6.07) is 21.0. The number of benzene rings is 3. The van der Waals surface area contributed by atoms with Gasteiger partial charge in [-0.15, -0.1) is 0 Å². The summed E-state index contributed by atoms with van der Waals surface area (Å²) in [7, 11) is 2.99. The third-order valence-corrected chi connectivity index (χ3v) is 10.7. The molecule has 3 aromatic carbocycles. The second-order valence-electron chi connectivity index (χ2n) is 9.11. The zero-order valence-electron chi connectivity index (χ0n) is 21.7. The van der Waals surface area contributed by atoms with Gasteiger partial charge in [0.25, 0.3) is 10.1 Å². The van der Waals surface area contributed by atoms with E-state index in [0.717, 1.165) is 17.1 Å². The number of nitrogens with zero attached hydrogens (tertiary/aromatic N) is 3. The van der Waals surface area contributed by atoms with E-state index in [4.69, 9.17) is 3.63 Å². The Labute approximate surface area is 218 Å². The molecular formula is C26H32F3N3O3S2. The summed E-state index contributed by atoms with van der Waals surface area (Å²) < 4.78 is 71.6. The highest BCUT2D eigenvalue weighted by molar-refractivity contribution is 8.33. The third kappa shape index (κ3) is 6.71. The molecule has 202 valence electrons. The molecule has 0 amide bonds. The van der Waals surface area contributed by atoms with Crippen LogP contribution in [0.25, 0.3) is 0 Å². The van der Waals surface area contributed by atoms with E-state index in [0.29, 0.717) is 14.7 Å². The van der Waals surface area contributed by atoms with Crippen LogP contribution in [0.2, 0.25) is 0 Å². The number of alkyl halides is 3. The first-order valence-corrected chi connectivity index (χ1v) is 14.4. The lowest BCUT2D eigenvalue weighted by molar-refractivity contribution is -0.107. The van der Waals surface area contributed by atoms with Gasteiger partial charge in [-0.2, -0.15) is 21.6 Å². The molecule has 0 aromatic heterocycles. The average Bonchev–Trinajstić information content (AvgIpc) is 2.81. The highest BCUT2D eigenvalue weighted by Crippen LogP contribution is 2.70. The maximum atomic E-state index is 13.3. The second-order valence-corrected chi connectivity index (χ2v) is 13.6. The summed E-state index contributed by atoms with van der Waals surface area (Å²) in [5, 5.41) is 0. The molecule has 0 aliphatic carbocycles. The molecule has 0 N–H and O–H groups in total. The van der Waals surface area contributed by atoms with Gasteiger partial charge < -0.3 is 14.7 Å². The van der Waals surface area contributed by atoms with Crippen LogP contribution in [0.3, 0.4) is 0 Å². The Bertz CT molecular complexity index is 1170. The van der Waals surface area contributed by atoms with Crippen molar-refractivity contribution in [3.63, 3.8) is 0 Å². The van der Waals surface area contributed by atoms with Gasteiger partial charge in [-0.25, -0.2) is 3.63 Å². The normalized spacial score (nSPS) is 12.8. The Morgan fingerprint density at radius 1 is 0.595 bits per heavy atom. The lowest BCUT2D eigenvalue weighted by atomic mass is 10.3. The van der Waals surface area contributed by atoms with Crippen molar-refractivity contribution in [2.24, 2.45) is 0 Å². The Morgan fingerprint density at radius 2 is 0.865 bits per heavy atom. The Hall–Kier alpha value is -2.89. The van der Waals surface area contributed by atoms with Gasteiger partial charge in [-0.1, -0.05) is 0 Å². The van der Waals surface area contributed by atoms with Crippen molar-refractivity contribution >= 4 is 37.5 Å².